The normalized spacial score (nSPS) is 15.3. The van der Waals surface area contributed by atoms with Crippen molar-refractivity contribution in [2.24, 2.45) is 5.73 Å². The van der Waals surface area contributed by atoms with Crippen molar-refractivity contribution in [1.29, 1.82) is 0 Å². The van der Waals surface area contributed by atoms with E-state index in [9.17, 15) is 4.79 Å². The second kappa shape index (κ2) is 7.21. The van der Waals surface area contributed by atoms with E-state index < -0.39 is 12.0 Å². The number of nitrogens with two attached hydrogens (primary N) is 1. The fourth-order valence-corrected chi connectivity index (χ4v) is 1.95. The lowest BCUT2D eigenvalue weighted by Crippen LogP contribution is -2.33. The van der Waals surface area contributed by atoms with Crippen molar-refractivity contribution < 1.29 is 9.90 Å². The molecule has 0 rings (SSSR count). The third kappa shape index (κ3) is 5.93. The molecule has 3 N–H and O–H groups in total. The number of hydrogen-bond donors (Lipinski definition) is 2. The van der Waals surface area contributed by atoms with Crippen molar-refractivity contribution in [2.45, 2.75) is 43.9 Å². The average Bonchev–Trinajstić information content (AvgIpc) is 2.11. The minimum Gasteiger partial charge on any atom is -0.480 e. The van der Waals surface area contributed by atoms with Crippen LogP contribution in [0, 0.1) is 0 Å². The van der Waals surface area contributed by atoms with Gasteiger partial charge < -0.3 is 10.8 Å². The van der Waals surface area contributed by atoms with Gasteiger partial charge in [-0.3, -0.25) is 4.79 Å². The van der Waals surface area contributed by atoms with Gasteiger partial charge in [0.1, 0.15) is 6.04 Å². The molecule has 78 valence electrons. The van der Waals surface area contributed by atoms with Crippen LogP contribution in [0.5, 0.6) is 0 Å². The van der Waals surface area contributed by atoms with E-state index in [-0.39, 0.29) is 0 Å². The second-order valence-corrected chi connectivity index (χ2v) is 4.32. The summed E-state index contributed by atoms with van der Waals surface area (Å²) in [5.41, 5.74) is 5.45. The summed E-state index contributed by atoms with van der Waals surface area (Å²) in [5, 5.41) is 9.01. The third-order valence-electron chi connectivity index (χ3n) is 2.05. The van der Waals surface area contributed by atoms with Crippen molar-refractivity contribution in [3.63, 3.8) is 0 Å². The summed E-state index contributed by atoms with van der Waals surface area (Å²) in [4.78, 5) is 10.5. The SMILES string of the molecule is CCCCC(CC(N)C(=O)O)SC. The van der Waals surface area contributed by atoms with Crippen molar-refractivity contribution in [3.8, 4) is 0 Å². The van der Waals surface area contributed by atoms with Crippen molar-refractivity contribution in [1.82, 2.24) is 0 Å². The molecule has 0 spiro atoms. The highest BCUT2D eigenvalue weighted by Gasteiger charge is 2.17. The highest BCUT2D eigenvalue weighted by molar-refractivity contribution is 7.99. The maximum atomic E-state index is 10.5. The number of rotatable bonds is 7. The smallest absolute Gasteiger partial charge is 0.320 e. The largest absolute Gasteiger partial charge is 0.480 e. The molecule has 0 fully saturated rings. The van der Waals surface area contributed by atoms with Crippen LogP contribution in [0.4, 0.5) is 0 Å². The molecule has 0 saturated carbocycles. The number of carboxylic acid groups (broad SMARTS) is 1. The molecule has 0 aliphatic rings. The number of carboxylic acids is 1. The molecule has 0 aromatic carbocycles. The third-order valence-corrected chi connectivity index (χ3v) is 3.14. The summed E-state index contributed by atoms with van der Waals surface area (Å²) in [5.74, 6) is -0.893. The summed E-state index contributed by atoms with van der Waals surface area (Å²) in [6.45, 7) is 2.13. The Hall–Kier alpha value is -0.220. The Bertz CT molecular complexity index is 153. The van der Waals surface area contributed by atoms with E-state index in [0.29, 0.717) is 11.7 Å². The average molecular weight is 205 g/mol. The second-order valence-electron chi connectivity index (χ2n) is 3.18. The summed E-state index contributed by atoms with van der Waals surface area (Å²) >= 11 is 1.71. The molecule has 0 aromatic rings. The van der Waals surface area contributed by atoms with Crippen LogP contribution in [0.15, 0.2) is 0 Å². The molecule has 4 heteroatoms. The monoisotopic (exact) mass is 205 g/mol. The highest BCUT2D eigenvalue weighted by atomic mass is 32.2. The molecule has 0 bridgehead atoms. The van der Waals surface area contributed by atoms with Crippen LogP contribution >= 0.6 is 11.8 Å². The zero-order valence-electron chi connectivity index (χ0n) is 8.32. The molecule has 2 atom stereocenters. The van der Waals surface area contributed by atoms with Crippen LogP contribution in [0.1, 0.15) is 32.6 Å². The lowest BCUT2D eigenvalue weighted by molar-refractivity contribution is -0.138. The van der Waals surface area contributed by atoms with Gasteiger partial charge in [-0.05, 0) is 19.1 Å². The zero-order chi connectivity index (χ0) is 10.3. The number of thioether (sulfide) groups is 1. The fourth-order valence-electron chi connectivity index (χ4n) is 1.15. The first kappa shape index (κ1) is 12.8. The van der Waals surface area contributed by atoms with E-state index in [4.69, 9.17) is 10.8 Å². The molecule has 13 heavy (non-hydrogen) atoms. The molecule has 3 nitrogen and oxygen atoms in total. The Labute approximate surface area is 84.1 Å². The first-order valence-electron chi connectivity index (χ1n) is 4.63. The van der Waals surface area contributed by atoms with Crippen LogP contribution in [0.25, 0.3) is 0 Å². The minimum absolute atomic E-state index is 0.394. The Morgan fingerprint density at radius 2 is 2.23 bits per heavy atom. The predicted molar refractivity (Wildman–Crippen MR) is 57.1 cm³/mol. The van der Waals surface area contributed by atoms with Gasteiger partial charge in [0.25, 0.3) is 0 Å². The molecule has 0 heterocycles. The summed E-state index contributed by atoms with van der Waals surface area (Å²) in [6, 6.07) is -0.700. The molecular weight excluding hydrogens is 186 g/mol. The summed E-state index contributed by atoms with van der Waals surface area (Å²) < 4.78 is 0. The van der Waals surface area contributed by atoms with E-state index in [1.165, 1.54) is 0 Å². The van der Waals surface area contributed by atoms with Gasteiger partial charge >= 0.3 is 5.97 Å². The standard InChI is InChI=1S/C9H19NO2S/c1-3-4-5-7(13-2)6-8(10)9(11)12/h7-8H,3-6,10H2,1-2H3,(H,11,12). The maximum Gasteiger partial charge on any atom is 0.320 e. The molecule has 0 aliphatic heterocycles. The van der Waals surface area contributed by atoms with E-state index >= 15 is 0 Å². The van der Waals surface area contributed by atoms with E-state index in [1.807, 2.05) is 6.26 Å². The van der Waals surface area contributed by atoms with Crippen LogP contribution in [-0.2, 0) is 4.79 Å². The van der Waals surface area contributed by atoms with Gasteiger partial charge in [-0.25, -0.2) is 0 Å². The Balaban J connectivity index is 3.75. The van der Waals surface area contributed by atoms with Gasteiger partial charge in [0, 0.05) is 5.25 Å². The Morgan fingerprint density at radius 3 is 2.62 bits per heavy atom. The van der Waals surface area contributed by atoms with E-state index in [2.05, 4.69) is 6.92 Å². The van der Waals surface area contributed by atoms with Crippen molar-refractivity contribution in [2.75, 3.05) is 6.26 Å². The molecule has 0 aliphatic carbocycles. The lowest BCUT2D eigenvalue weighted by atomic mass is 10.1. The molecule has 2 unspecified atom stereocenters. The topological polar surface area (TPSA) is 63.3 Å². The maximum absolute atomic E-state index is 10.5. The first-order chi connectivity index (χ1) is 6.11. The van der Waals surface area contributed by atoms with Crippen LogP contribution in [-0.4, -0.2) is 28.6 Å². The molecule has 0 radical (unpaired) electrons. The van der Waals surface area contributed by atoms with E-state index in [1.54, 1.807) is 11.8 Å². The van der Waals surface area contributed by atoms with Gasteiger partial charge in [0.05, 0.1) is 0 Å². The molecule has 0 saturated heterocycles. The van der Waals surface area contributed by atoms with Crippen LogP contribution < -0.4 is 5.73 Å². The Morgan fingerprint density at radius 1 is 1.62 bits per heavy atom. The van der Waals surface area contributed by atoms with Gasteiger partial charge in [-0.2, -0.15) is 11.8 Å². The van der Waals surface area contributed by atoms with Gasteiger partial charge in [-0.15, -0.1) is 0 Å². The van der Waals surface area contributed by atoms with Crippen molar-refractivity contribution >= 4 is 17.7 Å². The zero-order valence-corrected chi connectivity index (χ0v) is 9.14. The van der Waals surface area contributed by atoms with Crippen LogP contribution in [0.2, 0.25) is 0 Å². The summed E-state index contributed by atoms with van der Waals surface area (Å²) in [7, 11) is 0. The minimum atomic E-state index is -0.893. The number of unbranched alkanes of at least 4 members (excludes halogenated alkanes) is 1. The van der Waals surface area contributed by atoms with E-state index in [0.717, 1.165) is 19.3 Å². The van der Waals surface area contributed by atoms with Gasteiger partial charge in [0.15, 0.2) is 0 Å². The number of aliphatic carboxylic acids is 1. The molecular formula is C9H19NO2S. The van der Waals surface area contributed by atoms with Gasteiger partial charge in [-0.1, -0.05) is 19.8 Å². The molecule has 0 aromatic heterocycles. The highest BCUT2D eigenvalue weighted by Crippen LogP contribution is 2.19. The summed E-state index contributed by atoms with van der Waals surface area (Å²) in [6.07, 6.45) is 5.96. The first-order valence-corrected chi connectivity index (χ1v) is 5.91. The predicted octanol–water partition coefficient (Wildman–Crippen LogP) is 1.71. The Kier molecular flexibility index (Phi) is 7.09. The quantitative estimate of drug-likeness (QED) is 0.664. The van der Waals surface area contributed by atoms with Crippen LogP contribution in [0.3, 0.4) is 0 Å². The number of carbonyl (C=O) groups is 1. The molecule has 0 amide bonds. The van der Waals surface area contributed by atoms with Crippen molar-refractivity contribution in [3.05, 3.63) is 0 Å². The fraction of sp³-hybridized carbons (Fsp3) is 0.889. The lowest BCUT2D eigenvalue weighted by Gasteiger charge is -2.15. The number of hydrogen-bond acceptors (Lipinski definition) is 3. The van der Waals surface area contributed by atoms with Gasteiger partial charge in [0.2, 0.25) is 0 Å².